The molecule has 0 aliphatic carbocycles. The second kappa shape index (κ2) is 8.94. The van der Waals surface area contributed by atoms with Gasteiger partial charge in [-0.15, -0.1) is 0 Å². The van der Waals surface area contributed by atoms with E-state index in [1.165, 1.54) is 44.9 Å². The van der Waals surface area contributed by atoms with Gasteiger partial charge in [-0.3, -0.25) is 0 Å². The lowest BCUT2D eigenvalue weighted by Gasteiger charge is -2.17. The van der Waals surface area contributed by atoms with Crippen LogP contribution in [-0.2, 0) is 4.79 Å². The molecule has 0 aliphatic rings. The number of carbonyl (C=O) groups excluding carboxylic acids is 1. The maximum atomic E-state index is 10.1. The lowest BCUT2D eigenvalue weighted by atomic mass is 9.89. The zero-order chi connectivity index (χ0) is 11.6. The van der Waals surface area contributed by atoms with Crippen LogP contribution in [0.15, 0.2) is 0 Å². The molecular formula is C14H28O. The first-order valence-electron chi connectivity index (χ1n) is 6.50. The average molecular weight is 212 g/mol. The summed E-state index contributed by atoms with van der Waals surface area (Å²) in [4.78, 5) is 10.1. The molecule has 0 aromatic heterocycles. The van der Waals surface area contributed by atoms with Crippen molar-refractivity contribution in [3.63, 3.8) is 0 Å². The van der Waals surface area contributed by atoms with E-state index in [-0.39, 0.29) is 0 Å². The second-order valence-electron chi connectivity index (χ2n) is 5.74. The largest absolute Gasteiger partial charge is 0.303 e. The molecule has 0 N–H and O–H groups in total. The molecule has 0 rings (SSSR count). The highest BCUT2D eigenvalue weighted by Crippen LogP contribution is 2.22. The minimum atomic E-state index is 0.504. The van der Waals surface area contributed by atoms with Gasteiger partial charge in [0.25, 0.3) is 0 Å². The van der Waals surface area contributed by atoms with E-state index < -0.39 is 0 Å². The van der Waals surface area contributed by atoms with Gasteiger partial charge in [-0.2, -0.15) is 0 Å². The molecule has 0 saturated carbocycles. The normalized spacial score (nSPS) is 11.7. The monoisotopic (exact) mass is 212 g/mol. The molecule has 0 bridgehead atoms. The highest BCUT2D eigenvalue weighted by Gasteiger charge is 2.08. The van der Waals surface area contributed by atoms with Gasteiger partial charge in [-0.05, 0) is 18.3 Å². The molecule has 1 nitrogen and oxygen atoms in total. The first-order valence-corrected chi connectivity index (χ1v) is 6.50. The molecule has 0 radical (unpaired) electrons. The Morgan fingerprint density at radius 2 is 1.27 bits per heavy atom. The van der Waals surface area contributed by atoms with E-state index in [0.717, 1.165) is 19.1 Å². The van der Waals surface area contributed by atoms with Crippen molar-refractivity contribution in [3.8, 4) is 0 Å². The third-order valence-electron chi connectivity index (χ3n) is 2.75. The van der Waals surface area contributed by atoms with Gasteiger partial charge in [0.05, 0.1) is 0 Å². The van der Waals surface area contributed by atoms with E-state index in [1.54, 1.807) is 0 Å². The van der Waals surface area contributed by atoms with Crippen molar-refractivity contribution < 1.29 is 4.79 Å². The SMILES string of the molecule is CC(C)(C)CCCCCCCCCC=O. The van der Waals surface area contributed by atoms with Crippen molar-refractivity contribution in [2.24, 2.45) is 5.41 Å². The van der Waals surface area contributed by atoms with Crippen LogP contribution in [0.3, 0.4) is 0 Å². The Kier molecular flexibility index (Phi) is 8.74. The van der Waals surface area contributed by atoms with Gasteiger partial charge in [0.1, 0.15) is 6.29 Å². The van der Waals surface area contributed by atoms with Crippen LogP contribution in [0.2, 0.25) is 0 Å². The maximum Gasteiger partial charge on any atom is 0.119 e. The number of unbranched alkanes of at least 4 members (excludes halogenated alkanes) is 7. The van der Waals surface area contributed by atoms with E-state index in [2.05, 4.69) is 20.8 Å². The first-order chi connectivity index (χ1) is 7.06. The summed E-state index contributed by atoms with van der Waals surface area (Å²) >= 11 is 0. The van der Waals surface area contributed by atoms with E-state index in [1.807, 2.05) is 0 Å². The summed E-state index contributed by atoms with van der Waals surface area (Å²) in [7, 11) is 0. The van der Waals surface area contributed by atoms with Crippen molar-refractivity contribution in [2.45, 2.75) is 78.6 Å². The van der Waals surface area contributed by atoms with Crippen molar-refractivity contribution >= 4 is 6.29 Å². The smallest absolute Gasteiger partial charge is 0.119 e. The Hall–Kier alpha value is -0.330. The van der Waals surface area contributed by atoms with Crippen LogP contribution in [0.25, 0.3) is 0 Å². The van der Waals surface area contributed by atoms with Gasteiger partial charge in [0, 0.05) is 6.42 Å². The zero-order valence-corrected chi connectivity index (χ0v) is 10.8. The summed E-state index contributed by atoms with van der Waals surface area (Å²) in [5.41, 5.74) is 0.504. The fourth-order valence-corrected chi connectivity index (χ4v) is 1.77. The van der Waals surface area contributed by atoms with Gasteiger partial charge >= 0.3 is 0 Å². The standard InChI is InChI=1S/C14H28O/c1-14(2,3)12-10-8-6-4-5-7-9-11-13-15/h13H,4-12H2,1-3H3. The number of hydrogen-bond acceptors (Lipinski definition) is 1. The Labute approximate surface area is 95.6 Å². The van der Waals surface area contributed by atoms with Crippen molar-refractivity contribution in [1.29, 1.82) is 0 Å². The maximum absolute atomic E-state index is 10.1. The molecule has 0 atom stereocenters. The summed E-state index contributed by atoms with van der Waals surface area (Å²) in [6, 6.07) is 0. The third kappa shape index (κ3) is 13.7. The average Bonchev–Trinajstić information content (AvgIpc) is 2.14. The minimum absolute atomic E-state index is 0.504. The van der Waals surface area contributed by atoms with Crippen LogP contribution in [0, 0.1) is 5.41 Å². The van der Waals surface area contributed by atoms with E-state index in [9.17, 15) is 4.79 Å². The van der Waals surface area contributed by atoms with Crippen molar-refractivity contribution in [1.82, 2.24) is 0 Å². The molecule has 0 heterocycles. The summed E-state index contributed by atoms with van der Waals surface area (Å²) in [6.07, 6.45) is 12.2. The van der Waals surface area contributed by atoms with Crippen LogP contribution >= 0.6 is 0 Å². The highest BCUT2D eigenvalue weighted by molar-refractivity contribution is 5.48. The zero-order valence-electron chi connectivity index (χ0n) is 10.8. The minimum Gasteiger partial charge on any atom is -0.303 e. The molecule has 90 valence electrons. The van der Waals surface area contributed by atoms with Crippen LogP contribution in [-0.4, -0.2) is 6.29 Å². The third-order valence-corrected chi connectivity index (χ3v) is 2.75. The predicted octanol–water partition coefficient (Wildman–Crippen LogP) is 4.74. The van der Waals surface area contributed by atoms with Gasteiger partial charge in [0.15, 0.2) is 0 Å². The topological polar surface area (TPSA) is 17.1 Å². The predicted molar refractivity (Wildman–Crippen MR) is 67.1 cm³/mol. The summed E-state index contributed by atoms with van der Waals surface area (Å²) in [5.74, 6) is 0. The molecule has 0 aliphatic heterocycles. The van der Waals surface area contributed by atoms with Crippen LogP contribution in [0.5, 0.6) is 0 Å². The Morgan fingerprint density at radius 1 is 0.800 bits per heavy atom. The molecule has 0 amide bonds. The molecule has 0 saturated heterocycles. The van der Waals surface area contributed by atoms with Crippen molar-refractivity contribution in [3.05, 3.63) is 0 Å². The number of hydrogen-bond donors (Lipinski definition) is 0. The lowest BCUT2D eigenvalue weighted by molar-refractivity contribution is -0.107. The Balaban J connectivity index is 3.02. The Morgan fingerprint density at radius 3 is 1.73 bits per heavy atom. The van der Waals surface area contributed by atoms with Crippen molar-refractivity contribution in [2.75, 3.05) is 0 Å². The molecule has 0 aromatic rings. The molecule has 0 spiro atoms. The fourth-order valence-electron chi connectivity index (χ4n) is 1.77. The molecule has 0 unspecified atom stereocenters. The number of rotatable bonds is 9. The van der Waals surface area contributed by atoms with E-state index in [0.29, 0.717) is 5.41 Å². The molecule has 15 heavy (non-hydrogen) atoms. The van der Waals surface area contributed by atoms with E-state index >= 15 is 0 Å². The van der Waals surface area contributed by atoms with Gasteiger partial charge in [-0.1, -0.05) is 59.3 Å². The summed E-state index contributed by atoms with van der Waals surface area (Å²) in [6.45, 7) is 6.94. The number of aldehydes is 1. The molecule has 0 aromatic carbocycles. The Bertz CT molecular complexity index is 144. The lowest BCUT2D eigenvalue weighted by Crippen LogP contribution is -2.03. The molecule has 0 fully saturated rings. The summed E-state index contributed by atoms with van der Waals surface area (Å²) in [5, 5.41) is 0. The van der Waals surface area contributed by atoms with Gasteiger partial charge in [-0.25, -0.2) is 0 Å². The molecule has 1 heteroatoms. The number of carbonyl (C=O) groups is 1. The van der Waals surface area contributed by atoms with Gasteiger partial charge < -0.3 is 4.79 Å². The van der Waals surface area contributed by atoms with Crippen LogP contribution in [0.1, 0.15) is 78.6 Å². The quantitative estimate of drug-likeness (QED) is 0.398. The fraction of sp³-hybridized carbons (Fsp3) is 0.929. The van der Waals surface area contributed by atoms with E-state index in [4.69, 9.17) is 0 Å². The molecular weight excluding hydrogens is 184 g/mol. The summed E-state index contributed by atoms with van der Waals surface area (Å²) < 4.78 is 0. The first kappa shape index (κ1) is 14.7. The van der Waals surface area contributed by atoms with Crippen LogP contribution < -0.4 is 0 Å². The van der Waals surface area contributed by atoms with Gasteiger partial charge in [0.2, 0.25) is 0 Å². The second-order valence-corrected chi connectivity index (χ2v) is 5.74. The van der Waals surface area contributed by atoms with Crippen LogP contribution in [0.4, 0.5) is 0 Å². The highest BCUT2D eigenvalue weighted by atomic mass is 16.1.